The first-order valence-electron chi connectivity index (χ1n) is 13.8. The second kappa shape index (κ2) is 13.1. The summed E-state index contributed by atoms with van der Waals surface area (Å²) in [5.74, 6) is 1.61. The minimum absolute atomic E-state index is 0. The highest BCUT2D eigenvalue weighted by atomic mass is 79.9. The van der Waals surface area contributed by atoms with E-state index in [1.165, 1.54) is 0 Å². The number of ketones is 2. The summed E-state index contributed by atoms with van der Waals surface area (Å²) in [6, 6.07) is 7.50. The molecule has 41 heavy (non-hydrogen) atoms. The van der Waals surface area contributed by atoms with E-state index >= 15 is 0 Å². The number of ether oxygens (including phenoxy) is 2. The zero-order chi connectivity index (χ0) is 29.2. The van der Waals surface area contributed by atoms with Crippen LogP contribution in [-0.2, 0) is 28.0 Å². The van der Waals surface area contributed by atoms with Crippen molar-refractivity contribution in [1.82, 2.24) is 10.2 Å². The highest BCUT2D eigenvalue weighted by Crippen LogP contribution is 2.41. The van der Waals surface area contributed by atoms with E-state index in [4.69, 9.17) is 14.9 Å². The van der Waals surface area contributed by atoms with Crippen LogP contribution in [0.15, 0.2) is 24.3 Å². The number of carbonyl (C=O) groups excluding carboxylic acids is 3. The minimum Gasteiger partial charge on any atom is -0.494 e. The van der Waals surface area contributed by atoms with Gasteiger partial charge in [-0.2, -0.15) is 0 Å². The molecule has 2 N–H and O–H groups in total. The number of nitrogens with zero attached hydrogens (tertiary/aromatic N) is 2. The van der Waals surface area contributed by atoms with Crippen molar-refractivity contribution in [2.45, 2.75) is 58.9 Å². The van der Waals surface area contributed by atoms with Crippen LogP contribution >= 0.6 is 17.0 Å². The van der Waals surface area contributed by atoms with E-state index < -0.39 is 0 Å². The number of Topliss-reactive ketones (excluding diaryl/α,β-unsaturated/α-hetero) is 2. The van der Waals surface area contributed by atoms with E-state index in [1.807, 2.05) is 31.2 Å². The molecule has 4 rings (SSSR count). The molecule has 2 aliphatic heterocycles. The normalized spacial score (nSPS) is 14.9. The lowest BCUT2D eigenvalue weighted by molar-refractivity contribution is -0.120. The van der Waals surface area contributed by atoms with Crippen molar-refractivity contribution in [1.29, 1.82) is 5.41 Å². The first kappa shape index (κ1) is 32.1. The Hall–Kier alpha value is -3.40. The zero-order valence-electron chi connectivity index (χ0n) is 24.8. The highest BCUT2D eigenvalue weighted by Gasteiger charge is 2.31. The smallest absolute Gasteiger partial charge is 0.224 e. The number of methoxy groups -OCH3 is 1. The van der Waals surface area contributed by atoms with Crippen LogP contribution in [0.1, 0.15) is 73.1 Å². The van der Waals surface area contributed by atoms with Gasteiger partial charge in [0.1, 0.15) is 23.1 Å². The van der Waals surface area contributed by atoms with E-state index in [2.05, 4.69) is 31.0 Å². The van der Waals surface area contributed by atoms with Gasteiger partial charge in [0.15, 0.2) is 5.78 Å². The van der Waals surface area contributed by atoms with Crippen molar-refractivity contribution in [2.24, 2.45) is 0 Å². The standard InChI is InChI=1S/C31H40N4O5.BrH/c1-7-40-27-15-21-17-35(30(32)23(21)12-20(27)16-28(38)33-5)18-26(37)19-13-24(31(2,3)4)29(39-6)25(14-19)34-10-8-22(36)9-11-34;/h12-15,32H,7-11,16-18H2,1-6H3,(H,33,38);1H. The molecule has 0 saturated carbocycles. The molecule has 1 saturated heterocycles. The van der Waals surface area contributed by atoms with Gasteiger partial charge in [-0.05, 0) is 42.2 Å². The molecule has 2 heterocycles. The first-order chi connectivity index (χ1) is 19.0. The van der Waals surface area contributed by atoms with Crippen molar-refractivity contribution in [2.75, 3.05) is 45.3 Å². The number of amides is 1. The fourth-order valence-corrected chi connectivity index (χ4v) is 5.34. The summed E-state index contributed by atoms with van der Waals surface area (Å²) in [5, 5.41) is 11.5. The van der Waals surface area contributed by atoms with Crippen LogP contribution in [0, 0.1) is 5.41 Å². The minimum atomic E-state index is -0.282. The zero-order valence-corrected chi connectivity index (χ0v) is 26.5. The van der Waals surface area contributed by atoms with Crippen molar-refractivity contribution in [3.8, 4) is 11.5 Å². The maximum absolute atomic E-state index is 13.8. The molecule has 222 valence electrons. The number of halogens is 1. The second-order valence-corrected chi connectivity index (χ2v) is 11.4. The Morgan fingerprint density at radius 1 is 1.10 bits per heavy atom. The SMILES string of the molecule is Br.CCOc1cc2c(cc1CC(=O)NC)C(=N)N(CC(=O)c1cc(N3CCC(=O)CC3)c(OC)c(C(C)(C)C)c1)C2. The molecule has 0 atom stereocenters. The van der Waals surface area contributed by atoms with Gasteiger partial charge >= 0.3 is 0 Å². The average molecular weight is 630 g/mol. The van der Waals surface area contributed by atoms with Crippen LogP contribution in [0.5, 0.6) is 11.5 Å². The van der Waals surface area contributed by atoms with Gasteiger partial charge in [-0.25, -0.2) is 0 Å². The second-order valence-electron chi connectivity index (χ2n) is 11.4. The Bertz CT molecular complexity index is 1340. The Morgan fingerprint density at radius 2 is 1.78 bits per heavy atom. The van der Waals surface area contributed by atoms with Gasteiger partial charge in [0.25, 0.3) is 0 Å². The number of rotatable bonds is 9. The molecule has 10 heteroatoms. The van der Waals surface area contributed by atoms with Gasteiger partial charge in [0, 0.05) is 61.8 Å². The molecular weight excluding hydrogens is 588 g/mol. The number of fused-ring (bicyclic) bond motifs is 1. The predicted octanol–water partition coefficient (Wildman–Crippen LogP) is 4.45. The van der Waals surface area contributed by atoms with Crippen LogP contribution in [0.2, 0.25) is 0 Å². The molecule has 0 radical (unpaired) electrons. The van der Waals surface area contributed by atoms with E-state index in [0.29, 0.717) is 61.5 Å². The van der Waals surface area contributed by atoms with Crippen LogP contribution in [0.25, 0.3) is 0 Å². The number of piperidine rings is 1. The molecule has 2 aromatic rings. The summed E-state index contributed by atoms with van der Waals surface area (Å²) in [7, 11) is 3.23. The number of hydrogen-bond donors (Lipinski definition) is 2. The summed E-state index contributed by atoms with van der Waals surface area (Å²) >= 11 is 0. The van der Waals surface area contributed by atoms with Crippen LogP contribution < -0.4 is 19.7 Å². The molecule has 0 aliphatic carbocycles. The quantitative estimate of drug-likeness (QED) is 0.395. The van der Waals surface area contributed by atoms with E-state index in [1.54, 1.807) is 19.1 Å². The van der Waals surface area contributed by atoms with Gasteiger partial charge in [0.2, 0.25) is 5.91 Å². The molecule has 0 unspecified atom stereocenters. The number of benzene rings is 2. The van der Waals surface area contributed by atoms with Crippen molar-refractivity contribution < 1.29 is 23.9 Å². The molecule has 9 nitrogen and oxygen atoms in total. The van der Waals surface area contributed by atoms with Gasteiger partial charge < -0.3 is 24.6 Å². The average Bonchev–Trinajstić information content (AvgIpc) is 3.21. The fourth-order valence-electron chi connectivity index (χ4n) is 5.34. The summed E-state index contributed by atoms with van der Waals surface area (Å²) in [5.41, 5.74) is 4.34. The molecule has 0 bridgehead atoms. The number of likely N-dealkylation sites (N-methyl/N-ethyl adjacent to an activating group) is 1. The van der Waals surface area contributed by atoms with Gasteiger partial charge in [0.05, 0.1) is 32.4 Å². The van der Waals surface area contributed by atoms with Gasteiger partial charge in [-0.15, -0.1) is 17.0 Å². The summed E-state index contributed by atoms with van der Waals surface area (Å²) < 4.78 is 11.7. The third kappa shape index (κ3) is 6.92. The van der Waals surface area contributed by atoms with Crippen LogP contribution in [-0.4, -0.2) is 68.6 Å². The Kier molecular flexibility index (Phi) is 10.2. The molecule has 1 fully saturated rings. The lowest BCUT2D eigenvalue weighted by Gasteiger charge is -2.33. The van der Waals surface area contributed by atoms with E-state index in [0.717, 1.165) is 22.6 Å². The number of nitrogens with one attached hydrogen (secondary N) is 2. The van der Waals surface area contributed by atoms with Gasteiger partial charge in [-0.3, -0.25) is 19.8 Å². The monoisotopic (exact) mass is 628 g/mol. The van der Waals surface area contributed by atoms with E-state index in [9.17, 15) is 14.4 Å². The number of amidine groups is 1. The summed E-state index contributed by atoms with van der Waals surface area (Å²) in [6.45, 7) is 10.2. The number of hydrogen-bond acceptors (Lipinski definition) is 7. The molecule has 1 amide bonds. The molecule has 2 aromatic carbocycles. The fraction of sp³-hybridized carbons (Fsp3) is 0.484. The van der Waals surface area contributed by atoms with Gasteiger partial charge in [-0.1, -0.05) is 20.8 Å². The summed E-state index contributed by atoms with van der Waals surface area (Å²) in [6.07, 6.45) is 1.10. The lowest BCUT2D eigenvalue weighted by atomic mass is 9.84. The Labute approximate surface area is 252 Å². The van der Waals surface area contributed by atoms with Crippen LogP contribution in [0.3, 0.4) is 0 Å². The van der Waals surface area contributed by atoms with Crippen molar-refractivity contribution in [3.63, 3.8) is 0 Å². The lowest BCUT2D eigenvalue weighted by Crippen LogP contribution is -2.35. The molecular formula is C31H41BrN4O5. The Balaban J connectivity index is 0.00000462. The van der Waals surface area contributed by atoms with Crippen LogP contribution in [0.4, 0.5) is 5.69 Å². The Morgan fingerprint density at radius 3 is 2.37 bits per heavy atom. The topological polar surface area (TPSA) is 112 Å². The maximum atomic E-state index is 13.8. The van der Waals surface area contributed by atoms with Crippen molar-refractivity contribution in [3.05, 3.63) is 52.1 Å². The molecule has 2 aliphatic rings. The maximum Gasteiger partial charge on any atom is 0.224 e. The number of anilines is 1. The largest absolute Gasteiger partial charge is 0.494 e. The third-order valence-corrected chi connectivity index (χ3v) is 7.55. The molecule has 0 spiro atoms. The summed E-state index contributed by atoms with van der Waals surface area (Å²) in [4.78, 5) is 41.6. The van der Waals surface area contributed by atoms with Crippen molar-refractivity contribution >= 4 is 46.0 Å². The molecule has 0 aromatic heterocycles. The highest BCUT2D eigenvalue weighted by molar-refractivity contribution is 8.93. The van der Waals surface area contributed by atoms with E-state index in [-0.39, 0.29) is 58.7 Å². The first-order valence-corrected chi connectivity index (χ1v) is 13.8. The predicted molar refractivity (Wildman–Crippen MR) is 165 cm³/mol. The third-order valence-electron chi connectivity index (χ3n) is 7.55. The number of carbonyl (C=O) groups is 3.